The van der Waals surface area contributed by atoms with Crippen molar-refractivity contribution >= 4 is 24.5 Å². The van der Waals surface area contributed by atoms with Crippen LogP contribution in [-0.2, 0) is 20.8 Å². The highest BCUT2D eigenvalue weighted by atomic mass is 16.5. The number of nitrogens with one attached hydrogen (secondary N) is 1. The minimum Gasteiger partial charge on any atom is -0.463 e. The van der Waals surface area contributed by atoms with Crippen LogP contribution in [0.1, 0.15) is 34.3 Å². The summed E-state index contributed by atoms with van der Waals surface area (Å²) in [6, 6.07) is 3.45. The quantitative estimate of drug-likeness (QED) is 0.538. The van der Waals surface area contributed by atoms with E-state index >= 15 is 0 Å². The van der Waals surface area contributed by atoms with E-state index in [4.69, 9.17) is 9.39 Å². The average Bonchev–Trinajstić information content (AvgIpc) is 3.23. The molecule has 25 heavy (non-hydrogen) atoms. The van der Waals surface area contributed by atoms with Crippen molar-refractivity contribution in [2.45, 2.75) is 26.4 Å². The summed E-state index contributed by atoms with van der Waals surface area (Å²) in [5.41, 5.74) is 2.61. The van der Waals surface area contributed by atoms with Crippen molar-refractivity contribution in [1.29, 1.82) is 0 Å². The predicted octanol–water partition coefficient (Wildman–Crippen LogP) is -0.418. The molecule has 0 bridgehead atoms. The molecule has 2 aliphatic heterocycles. The molecule has 2 heterocycles. The molecule has 0 spiro atoms. The lowest BCUT2D eigenvalue weighted by molar-refractivity contribution is -0.142. The zero-order valence-electron chi connectivity index (χ0n) is 14.4. The summed E-state index contributed by atoms with van der Waals surface area (Å²) in [5.74, 6) is -0.814. The highest BCUT2D eigenvalue weighted by molar-refractivity contribution is 6.62. The molecule has 0 saturated carbocycles. The van der Waals surface area contributed by atoms with E-state index in [0.29, 0.717) is 29.8 Å². The number of hydrogen-bond donors (Lipinski definition) is 2. The fraction of sp³-hybridized carbons (Fsp3) is 0.529. The molecule has 3 rings (SSSR count). The molecule has 134 valence electrons. The number of amides is 1. The van der Waals surface area contributed by atoms with E-state index in [1.54, 1.807) is 19.1 Å². The molecule has 1 aromatic rings. The molecule has 7 nitrogen and oxygen atoms in total. The number of hydrogen-bond acceptors (Lipinski definition) is 6. The maximum atomic E-state index is 12.3. The van der Waals surface area contributed by atoms with Gasteiger partial charge in [0.1, 0.15) is 13.2 Å². The zero-order chi connectivity index (χ0) is 17.8. The van der Waals surface area contributed by atoms with E-state index in [9.17, 15) is 14.6 Å². The highest BCUT2D eigenvalue weighted by Crippen LogP contribution is 2.16. The van der Waals surface area contributed by atoms with Crippen LogP contribution in [0.4, 0.5) is 0 Å². The third-order valence-corrected chi connectivity index (χ3v) is 4.76. The van der Waals surface area contributed by atoms with E-state index in [1.165, 1.54) is 12.8 Å². The van der Waals surface area contributed by atoms with Gasteiger partial charge in [-0.3, -0.25) is 14.5 Å². The van der Waals surface area contributed by atoms with Gasteiger partial charge in [0, 0.05) is 12.1 Å². The van der Waals surface area contributed by atoms with Gasteiger partial charge >= 0.3 is 13.1 Å². The van der Waals surface area contributed by atoms with Gasteiger partial charge < -0.3 is 19.7 Å². The Morgan fingerprint density at radius 1 is 1.36 bits per heavy atom. The van der Waals surface area contributed by atoms with Gasteiger partial charge in [-0.15, -0.1) is 0 Å². The summed E-state index contributed by atoms with van der Waals surface area (Å²) in [6.45, 7) is 5.12. The Morgan fingerprint density at radius 2 is 2.12 bits per heavy atom. The molecule has 1 amide bonds. The molecule has 8 heteroatoms. The zero-order valence-corrected chi connectivity index (χ0v) is 14.4. The summed E-state index contributed by atoms with van der Waals surface area (Å²) >= 11 is 0. The van der Waals surface area contributed by atoms with E-state index in [-0.39, 0.29) is 12.5 Å². The fourth-order valence-corrected chi connectivity index (χ4v) is 3.35. The number of ether oxygens (including phenoxy) is 1. The third-order valence-electron chi connectivity index (χ3n) is 4.76. The lowest BCUT2D eigenvalue weighted by Crippen LogP contribution is -2.36. The molecule has 0 unspecified atom stereocenters. The fourth-order valence-electron chi connectivity index (χ4n) is 3.35. The number of benzene rings is 1. The Balaban J connectivity index is 1.47. The van der Waals surface area contributed by atoms with Gasteiger partial charge in [0.15, 0.2) is 0 Å². The van der Waals surface area contributed by atoms with Gasteiger partial charge in [0.25, 0.3) is 5.91 Å². The van der Waals surface area contributed by atoms with Gasteiger partial charge in [-0.1, -0.05) is 6.07 Å². The van der Waals surface area contributed by atoms with Crippen LogP contribution in [-0.4, -0.2) is 61.7 Å². The third kappa shape index (κ3) is 4.20. The topological polar surface area (TPSA) is 88.1 Å². The Labute approximate surface area is 147 Å². The molecule has 1 aromatic carbocycles. The Bertz CT molecular complexity index is 661. The van der Waals surface area contributed by atoms with E-state index < -0.39 is 13.1 Å². The van der Waals surface area contributed by atoms with Crippen molar-refractivity contribution in [3.8, 4) is 0 Å². The van der Waals surface area contributed by atoms with Gasteiger partial charge in [0.2, 0.25) is 0 Å². The van der Waals surface area contributed by atoms with Gasteiger partial charge in [-0.05, 0) is 55.5 Å². The minimum atomic E-state index is -1.00. The first-order chi connectivity index (χ1) is 12.1. The predicted molar refractivity (Wildman–Crippen MR) is 92.5 cm³/mol. The molecular formula is C17H23BN2O5. The largest absolute Gasteiger partial charge is 0.492 e. The summed E-state index contributed by atoms with van der Waals surface area (Å²) in [7, 11) is -1.00. The van der Waals surface area contributed by atoms with Crippen LogP contribution >= 0.6 is 0 Å². The lowest BCUT2D eigenvalue weighted by Gasteiger charge is -2.14. The highest BCUT2D eigenvalue weighted by Gasteiger charge is 2.31. The van der Waals surface area contributed by atoms with Gasteiger partial charge in [-0.2, -0.15) is 0 Å². The first-order valence-electron chi connectivity index (χ1n) is 8.64. The molecule has 0 radical (unpaired) electrons. The number of carbonyl (C=O) groups is 2. The summed E-state index contributed by atoms with van der Waals surface area (Å²) in [5, 5.41) is 12.4. The molecule has 0 atom stereocenters. The van der Waals surface area contributed by atoms with Crippen molar-refractivity contribution in [3.05, 3.63) is 28.8 Å². The second kappa shape index (κ2) is 7.99. The van der Waals surface area contributed by atoms with Crippen molar-refractivity contribution in [1.82, 2.24) is 10.2 Å². The van der Waals surface area contributed by atoms with Crippen molar-refractivity contribution < 1.29 is 24.0 Å². The monoisotopic (exact) mass is 346 g/mol. The number of carbonyl (C=O) groups excluding carboxylic acids is 2. The molecular weight excluding hydrogens is 323 g/mol. The van der Waals surface area contributed by atoms with Crippen molar-refractivity contribution in [3.63, 3.8) is 0 Å². The Morgan fingerprint density at radius 3 is 2.88 bits per heavy atom. The van der Waals surface area contributed by atoms with Crippen molar-refractivity contribution in [2.75, 3.05) is 32.8 Å². The van der Waals surface area contributed by atoms with E-state index in [2.05, 4.69) is 10.2 Å². The van der Waals surface area contributed by atoms with Crippen LogP contribution < -0.4 is 10.8 Å². The second-order valence-corrected chi connectivity index (χ2v) is 6.43. The number of rotatable bonds is 6. The SMILES string of the molecule is Cc1c(C(=O)NCC(=O)OCCN2CCCC2)ccc2c1B(O)OC2. The standard InChI is InChI=1S/C17H23BN2O5/c1-12-14(5-4-13-11-25-18(23)16(12)13)17(22)19-10-15(21)24-9-8-20-6-2-3-7-20/h4-5,23H,2-3,6-11H2,1H3,(H,19,22). The molecule has 1 fully saturated rings. The molecule has 2 aliphatic rings. The maximum absolute atomic E-state index is 12.3. The molecule has 2 N–H and O–H groups in total. The van der Waals surface area contributed by atoms with Crippen LogP contribution in [0, 0.1) is 6.92 Å². The van der Waals surface area contributed by atoms with Crippen LogP contribution in [0.25, 0.3) is 0 Å². The minimum absolute atomic E-state index is 0.172. The first kappa shape index (κ1) is 17.9. The Hall–Kier alpha value is -1.90. The summed E-state index contributed by atoms with van der Waals surface area (Å²) < 4.78 is 10.3. The molecule has 0 aliphatic carbocycles. The molecule has 1 saturated heterocycles. The number of nitrogens with zero attached hydrogens (tertiary/aromatic N) is 1. The number of likely N-dealkylation sites (tertiary alicyclic amines) is 1. The van der Waals surface area contributed by atoms with Crippen LogP contribution in [0.3, 0.4) is 0 Å². The number of fused-ring (bicyclic) bond motifs is 1. The Kier molecular flexibility index (Phi) is 5.72. The normalized spacial score (nSPS) is 16.8. The summed E-state index contributed by atoms with van der Waals surface area (Å²) in [6.07, 6.45) is 2.40. The smallest absolute Gasteiger partial charge is 0.463 e. The molecule has 0 aromatic heterocycles. The summed E-state index contributed by atoms with van der Waals surface area (Å²) in [4.78, 5) is 26.3. The maximum Gasteiger partial charge on any atom is 0.492 e. The lowest BCUT2D eigenvalue weighted by atomic mass is 9.75. The van der Waals surface area contributed by atoms with E-state index in [1.807, 2.05) is 0 Å². The van der Waals surface area contributed by atoms with Crippen LogP contribution in [0.15, 0.2) is 12.1 Å². The van der Waals surface area contributed by atoms with Crippen molar-refractivity contribution in [2.24, 2.45) is 0 Å². The number of esters is 1. The van der Waals surface area contributed by atoms with Gasteiger partial charge in [-0.25, -0.2) is 0 Å². The second-order valence-electron chi connectivity index (χ2n) is 6.43. The first-order valence-corrected chi connectivity index (χ1v) is 8.64. The van der Waals surface area contributed by atoms with Gasteiger partial charge in [0.05, 0.1) is 6.61 Å². The van der Waals surface area contributed by atoms with Crippen LogP contribution in [0.2, 0.25) is 0 Å². The van der Waals surface area contributed by atoms with E-state index in [0.717, 1.165) is 25.2 Å². The van der Waals surface area contributed by atoms with Crippen LogP contribution in [0.5, 0.6) is 0 Å². The average molecular weight is 346 g/mol.